The number of pyridine rings is 1. The lowest BCUT2D eigenvalue weighted by Gasteiger charge is -2.10. The number of nitrogens with one attached hydrogen (secondary N) is 1. The van der Waals surface area contributed by atoms with Gasteiger partial charge in [0.15, 0.2) is 5.58 Å². The van der Waals surface area contributed by atoms with Gasteiger partial charge < -0.3 is 19.6 Å². The average molecular weight is 506 g/mol. The molecule has 0 fully saturated rings. The Bertz CT molecular complexity index is 1640. The van der Waals surface area contributed by atoms with E-state index in [9.17, 15) is 9.90 Å². The number of anilines is 1. The van der Waals surface area contributed by atoms with E-state index in [-0.39, 0.29) is 23.6 Å². The molecular weight excluding hydrogens is 478 g/mol. The molecule has 0 atom stereocenters. The van der Waals surface area contributed by atoms with Gasteiger partial charge >= 0.3 is 0 Å². The zero-order valence-corrected chi connectivity index (χ0v) is 21.1. The molecular formula is C31H27N3O4. The van der Waals surface area contributed by atoms with Gasteiger partial charge in [-0.25, -0.2) is 4.99 Å². The standard InChI is InChI=1S/C31H27N3O4/c1-3-21-9-11-23(12-10-21)33-30(36)28-17-27-22(19-35)18-32-20(2)29(27)38-31(28)34-24-13-15-26(16-14-24)37-25-7-5-4-6-8-25/h4-18,35H,3,19H2,1-2H3,(H,33,36). The molecule has 190 valence electrons. The molecule has 2 heterocycles. The first kappa shape index (κ1) is 24.9. The second-order valence-electron chi connectivity index (χ2n) is 8.76. The Morgan fingerprint density at radius 3 is 2.39 bits per heavy atom. The molecule has 0 radical (unpaired) electrons. The minimum Gasteiger partial charge on any atom is -0.457 e. The molecule has 5 aromatic rings. The predicted octanol–water partition coefficient (Wildman–Crippen LogP) is 6.47. The van der Waals surface area contributed by atoms with Gasteiger partial charge in [-0.2, -0.15) is 0 Å². The van der Waals surface area contributed by atoms with E-state index in [1.807, 2.05) is 61.5 Å². The molecule has 0 saturated heterocycles. The molecule has 0 unspecified atom stereocenters. The average Bonchev–Trinajstić information content (AvgIpc) is 2.95. The number of aliphatic hydroxyl groups is 1. The fraction of sp³-hybridized carbons (Fsp3) is 0.129. The third kappa shape index (κ3) is 5.48. The monoisotopic (exact) mass is 505 g/mol. The zero-order chi connectivity index (χ0) is 26.5. The number of nitrogens with zero attached hydrogens (tertiary/aromatic N) is 2. The van der Waals surface area contributed by atoms with Gasteiger partial charge in [-0.15, -0.1) is 0 Å². The first-order chi connectivity index (χ1) is 18.5. The SMILES string of the molecule is CCc1ccc(NC(=O)c2cc3c(CO)cnc(C)c3oc2=Nc2ccc(Oc3ccccc3)cc2)cc1. The number of carbonyl (C=O) groups excluding carboxylic acids is 1. The van der Waals surface area contributed by atoms with Crippen LogP contribution in [0.25, 0.3) is 11.0 Å². The van der Waals surface area contributed by atoms with Crippen LogP contribution in [0.2, 0.25) is 0 Å². The van der Waals surface area contributed by atoms with Gasteiger partial charge in [-0.1, -0.05) is 37.3 Å². The van der Waals surface area contributed by atoms with E-state index in [0.29, 0.717) is 39.4 Å². The Morgan fingerprint density at radius 1 is 1.00 bits per heavy atom. The summed E-state index contributed by atoms with van der Waals surface area (Å²) in [5.41, 5.74) is 4.44. The van der Waals surface area contributed by atoms with Crippen molar-refractivity contribution in [2.45, 2.75) is 26.9 Å². The Hall–Kier alpha value is -4.75. The third-order valence-corrected chi connectivity index (χ3v) is 6.13. The Labute approximate surface area is 220 Å². The van der Waals surface area contributed by atoms with Crippen LogP contribution in [0.3, 0.4) is 0 Å². The number of ether oxygens (including phenoxy) is 1. The van der Waals surface area contributed by atoms with Crippen molar-refractivity contribution >= 4 is 28.3 Å². The normalized spacial score (nSPS) is 11.5. The second-order valence-corrected chi connectivity index (χ2v) is 8.76. The van der Waals surface area contributed by atoms with Crippen molar-refractivity contribution in [1.29, 1.82) is 0 Å². The van der Waals surface area contributed by atoms with E-state index in [4.69, 9.17) is 9.15 Å². The predicted molar refractivity (Wildman–Crippen MR) is 147 cm³/mol. The van der Waals surface area contributed by atoms with Crippen molar-refractivity contribution in [1.82, 2.24) is 4.98 Å². The summed E-state index contributed by atoms with van der Waals surface area (Å²) in [6.45, 7) is 3.65. The lowest BCUT2D eigenvalue weighted by Crippen LogP contribution is -2.22. The van der Waals surface area contributed by atoms with Crippen LogP contribution in [-0.2, 0) is 13.0 Å². The topological polar surface area (TPSA) is 97.0 Å². The lowest BCUT2D eigenvalue weighted by atomic mass is 10.1. The second kappa shape index (κ2) is 11.1. The highest BCUT2D eigenvalue weighted by Gasteiger charge is 2.16. The van der Waals surface area contributed by atoms with Gasteiger partial charge in [0.05, 0.1) is 18.0 Å². The van der Waals surface area contributed by atoms with E-state index in [1.165, 1.54) is 5.56 Å². The number of hydrogen-bond acceptors (Lipinski definition) is 6. The van der Waals surface area contributed by atoms with E-state index >= 15 is 0 Å². The summed E-state index contributed by atoms with van der Waals surface area (Å²) < 4.78 is 12.0. The Kier molecular flexibility index (Phi) is 7.28. The van der Waals surface area contributed by atoms with Crippen LogP contribution in [0.5, 0.6) is 11.5 Å². The number of aromatic nitrogens is 1. The van der Waals surface area contributed by atoms with Crippen molar-refractivity contribution < 1.29 is 19.1 Å². The molecule has 38 heavy (non-hydrogen) atoms. The van der Waals surface area contributed by atoms with Gasteiger partial charge in [0.2, 0.25) is 5.55 Å². The van der Waals surface area contributed by atoms with Crippen LogP contribution in [0, 0.1) is 6.92 Å². The van der Waals surface area contributed by atoms with Crippen LogP contribution >= 0.6 is 0 Å². The summed E-state index contributed by atoms with van der Waals surface area (Å²) >= 11 is 0. The highest BCUT2D eigenvalue weighted by Crippen LogP contribution is 2.25. The van der Waals surface area contributed by atoms with Crippen molar-refractivity contribution in [2.24, 2.45) is 4.99 Å². The molecule has 3 aromatic carbocycles. The molecule has 0 spiro atoms. The molecule has 0 bridgehead atoms. The first-order valence-electron chi connectivity index (χ1n) is 12.3. The maximum absolute atomic E-state index is 13.4. The van der Waals surface area contributed by atoms with Gasteiger partial charge in [-0.05, 0) is 73.5 Å². The van der Waals surface area contributed by atoms with Crippen LogP contribution in [0.4, 0.5) is 11.4 Å². The summed E-state index contributed by atoms with van der Waals surface area (Å²) in [5.74, 6) is 1.02. The van der Waals surface area contributed by atoms with Gasteiger partial charge in [0.1, 0.15) is 17.1 Å². The van der Waals surface area contributed by atoms with E-state index in [2.05, 4.69) is 22.2 Å². The minimum absolute atomic E-state index is 0.136. The molecule has 1 amide bonds. The summed E-state index contributed by atoms with van der Waals surface area (Å²) in [7, 11) is 0. The highest BCUT2D eigenvalue weighted by molar-refractivity contribution is 6.05. The quantitative estimate of drug-likeness (QED) is 0.264. The fourth-order valence-electron chi connectivity index (χ4n) is 4.01. The number of fused-ring (bicyclic) bond motifs is 1. The minimum atomic E-state index is -0.374. The molecule has 0 aliphatic rings. The van der Waals surface area contributed by atoms with Crippen molar-refractivity contribution in [2.75, 3.05) is 5.32 Å². The Morgan fingerprint density at radius 2 is 1.71 bits per heavy atom. The van der Waals surface area contributed by atoms with E-state index < -0.39 is 0 Å². The molecule has 5 rings (SSSR count). The van der Waals surface area contributed by atoms with Crippen LogP contribution in [0.1, 0.15) is 34.1 Å². The van der Waals surface area contributed by atoms with E-state index in [1.54, 1.807) is 36.5 Å². The summed E-state index contributed by atoms with van der Waals surface area (Å²) in [6.07, 6.45) is 2.49. The van der Waals surface area contributed by atoms with Gasteiger partial charge in [0.25, 0.3) is 5.91 Å². The third-order valence-electron chi connectivity index (χ3n) is 6.13. The molecule has 7 nitrogen and oxygen atoms in total. The lowest BCUT2D eigenvalue weighted by molar-refractivity contribution is 0.102. The number of aliphatic hydroxyl groups excluding tert-OH is 1. The van der Waals surface area contributed by atoms with Crippen LogP contribution in [-0.4, -0.2) is 16.0 Å². The summed E-state index contributed by atoms with van der Waals surface area (Å²) in [6, 6.07) is 26.1. The largest absolute Gasteiger partial charge is 0.457 e. The van der Waals surface area contributed by atoms with E-state index in [0.717, 1.165) is 12.2 Å². The van der Waals surface area contributed by atoms with Gasteiger partial charge in [0, 0.05) is 22.8 Å². The fourth-order valence-corrected chi connectivity index (χ4v) is 4.01. The maximum Gasteiger partial charge on any atom is 0.261 e. The maximum atomic E-state index is 13.4. The summed E-state index contributed by atoms with van der Waals surface area (Å²) in [4.78, 5) is 22.4. The number of rotatable bonds is 7. The number of benzene rings is 3. The highest BCUT2D eigenvalue weighted by atomic mass is 16.5. The van der Waals surface area contributed by atoms with Crippen molar-refractivity contribution in [3.63, 3.8) is 0 Å². The molecule has 0 aliphatic heterocycles. The van der Waals surface area contributed by atoms with Crippen LogP contribution in [0.15, 0.2) is 101 Å². The zero-order valence-electron chi connectivity index (χ0n) is 21.1. The Balaban J connectivity index is 1.56. The number of aryl methyl sites for hydroxylation is 2. The van der Waals surface area contributed by atoms with Crippen LogP contribution < -0.4 is 15.6 Å². The molecule has 2 N–H and O–H groups in total. The number of para-hydroxylation sites is 1. The number of amides is 1. The number of hydrogen-bond donors (Lipinski definition) is 2. The molecule has 7 heteroatoms. The molecule has 0 saturated carbocycles. The summed E-state index contributed by atoms with van der Waals surface area (Å²) in [5, 5.41) is 13.4. The number of carbonyl (C=O) groups is 1. The first-order valence-corrected chi connectivity index (χ1v) is 12.3. The molecule has 2 aromatic heterocycles. The molecule has 0 aliphatic carbocycles. The smallest absolute Gasteiger partial charge is 0.261 e. The van der Waals surface area contributed by atoms with Gasteiger partial charge in [-0.3, -0.25) is 9.78 Å². The van der Waals surface area contributed by atoms with Crippen molar-refractivity contribution in [3.05, 3.63) is 119 Å². The van der Waals surface area contributed by atoms with Crippen molar-refractivity contribution in [3.8, 4) is 11.5 Å².